The van der Waals surface area contributed by atoms with Crippen molar-refractivity contribution in [3.63, 3.8) is 0 Å². The number of halogens is 1. The zero-order valence-electron chi connectivity index (χ0n) is 14.5. The van der Waals surface area contributed by atoms with Crippen molar-refractivity contribution < 1.29 is 19.1 Å². The predicted molar refractivity (Wildman–Crippen MR) is 97.3 cm³/mol. The van der Waals surface area contributed by atoms with Crippen LogP contribution in [0.15, 0.2) is 42.5 Å². The zero-order valence-corrected chi connectivity index (χ0v) is 15.2. The van der Waals surface area contributed by atoms with Crippen molar-refractivity contribution in [1.29, 1.82) is 0 Å². The van der Waals surface area contributed by atoms with Crippen molar-refractivity contribution in [2.45, 2.75) is 32.9 Å². The van der Waals surface area contributed by atoms with Gasteiger partial charge in [0.25, 0.3) is 11.8 Å². The Hall–Kier alpha value is -2.66. The van der Waals surface area contributed by atoms with Crippen molar-refractivity contribution >= 4 is 29.4 Å². The minimum atomic E-state index is -0.551. The highest BCUT2D eigenvalue weighted by molar-refractivity contribution is 6.30. The molecule has 6 heteroatoms. The summed E-state index contributed by atoms with van der Waals surface area (Å²) in [6.45, 7) is 3.83. The van der Waals surface area contributed by atoms with Crippen LogP contribution < -0.4 is 0 Å². The first kappa shape index (κ1) is 18.1. The first-order chi connectivity index (χ1) is 12.4. The number of fused-ring (bicyclic) bond motifs is 1. The third kappa shape index (κ3) is 3.35. The third-order valence-electron chi connectivity index (χ3n) is 4.47. The van der Waals surface area contributed by atoms with Gasteiger partial charge >= 0.3 is 5.97 Å². The van der Waals surface area contributed by atoms with E-state index in [1.807, 2.05) is 13.8 Å². The van der Waals surface area contributed by atoms with E-state index in [9.17, 15) is 14.4 Å². The van der Waals surface area contributed by atoms with Gasteiger partial charge in [-0.25, -0.2) is 4.79 Å². The van der Waals surface area contributed by atoms with E-state index in [0.717, 1.165) is 5.56 Å². The molecule has 0 fully saturated rings. The Morgan fingerprint density at radius 1 is 1.08 bits per heavy atom. The highest BCUT2D eigenvalue weighted by atomic mass is 35.5. The highest BCUT2D eigenvalue weighted by Gasteiger charge is 2.38. The number of hydrogen-bond donors (Lipinski definition) is 0. The molecule has 5 nitrogen and oxygen atoms in total. The van der Waals surface area contributed by atoms with Gasteiger partial charge in [-0.1, -0.05) is 30.7 Å². The molecule has 3 rings (SSSR count). The molecule has 2 aromatic carbocycles. The molecular weight excluding hydrogens is 354 g/mol. The Bertz CT molecular complexity index is 876. The molecule has 1 aliphatic rings. The number of carbonyl (C=O) groups is 3. The molecule has 0 saturated heterocycles. The molecule has 0 N–H and O–H groups in total. The van der Waals surface area contributed by atoms with E-state index in [2.05, 4.69) is 0 Å². The molecule has 1 atom stereocenters. The molecule has 2 aromatic rings. The number of esters is 1. The maximum absolute atomic E-state index is 12.5. The zero-order chi connectivity index (χ0) is 18.8. The summed E-state index contributed by atoms with van der Waals surface area (Å²) < 4.78 is 5.28. The maximum Gasteiger partial charge on any atom is 0.338 e. The summed E-state index contributed by atoms with van der Waals surface area (Å²) in [4.78, 5) is 38.5. The normalized spacial score (nSPS) is 14.3. The van der Waals surface area contributed by atoms with Gasteiger partial charge in [-0.05, 0) is 49.2 Å². The summed E-state index contributed by atoms with van der Waals surface area (Å²) in [5, 5.41) is 0.604. The van der Waals surface area contributed by atoms with Crippen LogP contribution in [0.25, 0.3) is 0 Å². The molecule has 1 aliphatic heterocycles. The number of imide groups is 1. The quantitative estimate of drug-likeness (QED) is 0.586. The maximum atomic E-state index is 12.5. The van der Waals surface area contributed by atoms with Crippen LogP contribution in [-0.2, 0) is 11.3 Å². The average Bonchev–Trinajstić information content (AvgIpc) is 2.90. The van der Waals surface area contributed by atoms with Crippen molar-refractivity contribution in [2.75, 3.05) is 0 Å². The van der Waals surface area contributed by atoms with E-state index in [-0.39, 0.29) is 35.6 Å². The van der Waals surface area contributed by atoms with Crippen LogP contribution in [0.2, 0.25) is 5.02 Å². The Morgan fingerprint density at radius 3 is 2.38 bits per heavy atom. The Balaban J connectivity index is 1.76. The average molecular weight is 372 g/mol. The third-order valence-corrected chi connectivity index (χ3v) is 4.72. The Kier molecular flexibility index (Phi) is 5.09. The number of carbonyl (C=O) groups excluding carboxylic acids is 3. The molecule has 26 heavy (non-hydrogen) atoms. The van der Waals surface area contributed by atoms with E-state index < -0.39 is 5.97 Å². The molecular formula is C20H18ClNO4. The van der Waals surface area contributed by atoms with Crippen LogP contribution in [0.4, 0.5) is 0 Å². The molecule has 0 spiro atoms. The van der Waals surface area contributed by atoms with Gasteiger partial charge in [-0.15, -0.1) is 0 Å². The van der Waals surface area contributed by atoms with Crippen LogP contribution >= 0.6 is 11.6 Å². The number of benzene rings is 2. The van der Waals surface area contributed by atoms with Gasteiger partial charge in [-0.3, -0.25) is 14.5 Å². The van der Waals surface area contributed by atoms with Crippen LogP contribution in [0.3, 0.4) is 0 Å². The molecule has 0 aromatic heterocycles. The second-order valence-corrected chi connectivity index (χ2v) is 6.64. The predicted octanol–water partition coefficient (Wildman–Crippen LogP) is 4.09. The van der Waals surface area contributed by atoms with E-state index >= 15 is 0 Å². The van der Waals surface area contributed by atoms with Gasteiger partial charge in [0.15, 0.2) is 0 Å². The molecule has 2 amide bonds. The molecule has 0 saturated carbocycles. The topological polar surface area (TPSA) is 63.7 Å². The molecule has 1 heterocycles. The number of nitrogens with zero attached hydrogens (tertiary/aromatic N) is 1. The van der Waals surface area contributed by atoms with E-state index in [1.165, 1.54) is 23.1 Å². The minimum Gasteiger partial charge on any atom is -0.457 e. The minimum absolute atomic E-state index is 0.0962. The van der Waals surface area contributed by atoms with Crippen molar-refractivity contribution in [1.82, 2.24) is 4.90 Å². The van der Waals surface area contributed by atoms with Gasteiger partial charge in [0.2, 0.25) is 0 Å². The molecule has 134 valence electrons. The molecule has 0 aliphatic carbocycles. The summed E-state index contributed by atoms with van der Waals surface area (Å²) in [7, 11) is 0. The lowest BCUT2D eigenvalue weighted by molar-refractivity contribution is 0.0472. The van der Waals surface area contributed by atoms with Crippen LogP contribution in [-0.4, -0.2) is 28.7 Å². The van der Waals surface area contributed by atoms with Crippen LogP contribution in [0.5, 0.6) is 0 Å². The number of amides is 2. The standard InChI is InChI=1S/C20H18ClNO4/c1-3-12(2)22-18(23)16-9-6-14(10-17(16)19(22)24)20(25)26-11-13-4-7-15(21)8-5-13/h4-10,12H,3,11H2,1-2H3. The fourth-order valence-corrected chi connectivity index (χ4v) is 2.91. The van der Waals surface area contributed by atoms with Gasteiger partial charge in [0.1, 0.15) is 6.61 Å². The largest absolute Gasteiger partial charge is 0.457 e. The highest BCUT2D eigenvalue weighted by Crippen LogP contribution is 2.27. The molecule has 0 radical (unpaired) electrons. The van der Waals surface area contributed by atoms with Gasteiger partial charge in [0.05, 0.1) is 16.7 Å². The number of ether oxygens (including phenoxy) is 1. The Labute approximate surface area is 156 Å². The lowest BCUT2D eigenvalue weighted by atomic mass is 10.1. The van der Waals surface area contributed by atoms with Crippen LogP contribution in [0, 0.1) is 0 Å². The summed E-state index contributed by atoms with van der Waals surface area (Å²) in [5.41, 5.74) is 1.61. The number of rotatable bonds is 5. The molecule has 1 unspecified atom stereocenters. The van der Waals surface area contributed by atoms with Crippen LogP contribution in [0.1, 0.15) is 56.9 Å². The second-order valence-electron chi connectivity index (χ2n) is 6.20. The van der Waals surface area contributed by atoms with E-state index in [1.54, 1.807) is 24.3 Å². The monoisotopic (exact) mass is 371 g/mol. The van der Waals surface area contributed by atoms with Gasteiger partial charge in [-0.2, -0.15) is 0 Å². The number of hydrogen-bond acceptors (Lipinski definition) is 4. The smallest absolute Gasteiger partial charge is 0.338 e. The summed E-state index contributed by atoms with van der Waals surface area (Å²) >= 11 is 5.82. The molecule has 0 bridgehead atoms. The SMILES string of the molecule is CCC(C)N1C(=O)c2ccc(C(=O)OCc3ccc(Cl)cc3)cc2C1=O. The summed E-state index contributed by atoms with van der Waals surface area (Å²) in [6, 6.07) is 11.2. The van der Waals surface area contributed by atoms with Gasteiger partial charge < -0.3 is 4.74 Å². The lowest BCUT2D eigenvalue weighted by Gasteiger charge is -2.20. The van der Waals surface area contributed by atoms with E-state index in [0.29, 0.717) is 17.0 Å². The van der Waals surface area contributed by atoms with Crippen molar-refractivity contribution in [3.05, 3.63) is 69.7 Å². The van der Waals surface area contributed by atoms with Gasteiger partial charge in [0, 0.05) is 11.1 Å². The second kappa shape index (κ2) is 7.30. The van der Waals surface area contributed by atoms with Crippen molar-refractivity contribution in [3.8, 4) is 0 Å². The summed E-state index contributed by atoms with van der Waals surface area (Å²) in [5.74, 6) is -1.24. The lowest BCUT2D eigenvalue weighted by Crippen LogP contribution is -2.37. The first-order valence-corrected chi connectivity index (χ1v) is 8.73. The fourth-order valence-electron chi connectivity index (χ4n) is 2.78. The fraction of sp³-hybridized carbons (Fsp3) is 0.250. The van der Waals surface area contributed by atoms with E-state index in [4.69, 9.17) is 16.3 Å². The Morgan fingerprint density at radius 2 is 1.73 bits per heavy atom. The van der Waals surface area contributed by atoms with Crippen molar-refractivity contribution in [2.24, 2.45) is 0 Å². The summed E-state index contributed by atoms with van der Waals surface area (Å²) in [6.07, 6.45) is 0.668. The first-order valence-electron chi connectivity index (χ1n) is 8.36.